The second-order valence-corrected chi connectivity index (χ2v) is 14.5. The van der Waals surface area contributed by atoms with E-state index in [1.165, 1.54) is 11.8 Å². The molecule has 0 fully saturated rings. The number of nitrogens with zero attached hydrogens (tertiary/aromatic N) is 2. The Morgan fingerprint density at radius 1 is 0.927 bits per heavy atom. The van der Waals surface area contributed by atoms with Crippen molar-refractivity contribution in [3.63, 3.8) is 0 Å². The number of benzene rings is 2. The first-order valence-corrected chi connectivity index (χ1v) is 18.1. The minimum absolute atomic E-state index is 0.0147. The highest BCUT2D eigenvalue weighted by molar-refractivity contribution is 5.89. The maximum Gasteiger partial charge on any atom is 0.328 e. The van der Waals surface area contributed by atoms with Crippen molar-refractivity contribution >= 4 is 29.6 Å². The van der Waals surface area contributed by atoms with Crippen molar-refractivity contribution in [1.82, 2.24) is 25.4 Å². The number of unbranched alkanes of at least 4 members (excludes halogenated alkanes) is 1. The zero-order valence-electron chi connectivity index (χ0n) is 31.7. The molecule has 16 heteroatoms. The van der Waals surface area contributed by atoms with E-state index in [1.807, 2.05) is 55.7 Å². The second kappa shape index (κ2) is 20.5. The van der Waals surface area contributed by atoms with Gasteiger partial charge >= 0.3 is 5.97 Å². The number of carbonyl (C=O) groups excluding carboxylic acids is 4. The number of aromatic nitrogens is 1. The third kappa shape index (κ3) is 13.0. The lowest BCUT2D eigenvalue weighted by Gasteiger charge is -2.41. The number of aliphatic hydroxyl groups is 1. The predicted molar refractivity (Wildman–Crippen MR) is 202 cm³/mol. The molecule has 55 heavy (non-hydrogen) atoms. The maximum absolute atomic E-state index is 15.0. The molecule has 0 spiro atoms. The van der Waals surface area contributed by atoms with Gasteiger partial charge in [0.25, 0.3) is 0 Å². The molecule has 1 aromatic heterocycles. The Hall–Kier alpha value is -5.19. The Balaban J connectivity index is 1.87. The number of amides is 4. The van der Waals surface area contributed by atoms with Crippen LogP contribution in [0, 0.1) is 17.0 Å². The topological polar surface area (TPSA) is 222 Å². The Labute approximate surface area is 319 Å². The molecular formula is C39H53F2N7O7. The van der Waals surface area contributed by atoms with Crippen molar-refractivity contribution in [2.45, 2.75) is 84.1 Å². The number of rotatable bonds is 20. The smallest absolute Gasteiger partial charge is 0.328 e. The molecule has 3 rings (SSSR count). The van der Waals surface area contributed by atoms with Crippen molar-refractivity contribution < 1.29 is 43.0 Å². The van der Waals surface area contributed by atoms with Crippen molar-refractivity contribution in [2.75, 3.05) is 26.2 Å². The van der Waals surface area contributed by atoms with E-state index in [1.54, 1.807) is 12.3 Å². The fourth-order valence-electron chi connectivity index (χ4n) is 6.32. The molecule has 9 N–H and O–H groups in total. The lowest BCUT2D eigenvalue weighted by atomic mass is 9.82. The molecule has 3 aromatic rings. The third-order valence-electron chi connectivity index (χ3n) is 8.99. The van der Waals surface area contributed by atoms with Crippen LogP contribution >= 0.6 is 0 Å². The Kier molecular flexibility index (Phi) is 16.5. The van der Waals surface area contributed by atoms with E-state index in [0.29, 0.717) is 37.2 Å². The molecule has 4 amide bonds. The first-order valence-electron chi connectivity index (χ1n) is 18.1. The number of nitrogens with one attached hydrogen (secondary N) is 3. The van der Waals surface area contributed by atoms with Crippen LogP contribution in [0.15, 0.2) is 60.8 Å². The lowest BCUT2D eigenvalue weighted by molar-refractivity contribution is -0.142. The number of nitrogens with two attached hydrogens (primary N) is 2. The van der Waals surface area contributed by atoms with E-state index in [9.17, 15) is 38.6 Å². The van der Waals surface area contributed by atoms with E-state index in [4.69, 9.17) is 11.5 Å². The van der Waals surface area contributed by atoms with Crippen LogP contribution in [0.4, 0.5) is 8.78 Å². The highest BCUT2D eigenvalue weighted by Crippen LogP contribution is 2.41. The van der Waals surface area contributed by atoms with E-state index < -0.39 is 84.0 Å². The molecule has 14 nitrogen and oxygen atoms in total. The highest BCUT2D eigenvalue weighted by Gasteiger charge is 2.38. The average molecular weight is 770 g/mol. The number of hydrogen-bond acceptors (Lipinski definition) is 8. The highest BCUT2D eigenvalue weighted by atomic mass is 19.1. The quantitative estimate of drug-likeness (QED) is 0.0838. The van der Waals surface area contributed by atoms with Gasteiger partial charge in [-0.1, -0.05) is 51.1 Å². The minimum atomic E-state index is -1.58. The standard InChI is InChI=1S/C39H53F2N7O7/c1-24(50)45-31(12-8-9-16-42)37(53)44-20-32(38(54)55)46-36(52)30(43)15-17-48(34(51)23-49)35(39(2,3)4)33-18-26(28-19-27(40)13-14-29(28)41)22-47(33)21-25-10-6-5-7-11-25/h5-7,10-11,13-14,18-19,22,30-32,35,49H,8-9,12,15-17,20-21,23,42-43H2,1-4H3,(H,44,53)(H,45,50)(H,46,52)(H,54,55)/t30-,31-,32?,35-/m0/s1. The minimum Gasteiger partial charge on any atom is -0.480 e. The van der Waals surface area contributed by atoms with E-state index in [0.717, 1.165) is 23.8 Å². The Bertz CT molecular complexity index is 1780. The van der Waals surface area contributed by atoms with Crippen molar-refractivity contribution in [1.29, 1.82) is 0 Å². The molecule has 300 valence electrons. The van der Waals surface area contributed by atoms with Gasteiger partial charge < -0.3 is 47.1 Å². The van der Waals surface area contributed by atoms with Gasteiger partial charge in [0, 0.05) is 49.6 Å². The van der Waals surface area contributed by atoms with Crippen LogP contribution in [0.3, 0.4) is 0 Å². The van der Waals surface area contributed by atoms with Crippen LogP contribution in [-0.2, 0) is 30.5 Å². The molecule has 0 saturated heterocycles. The summed E-state index contributed by atoms with van der Waals surface area (Å²) in [6.45, 7) is 5.99. The van der Waals surface area contributed by atoms with Crippen molar-refractivity contribution in [3.8, 4) is 11.1 Å². The fraction of sp³-hybridized carbons (Fsp3) is 0.462. The summed E-state index contributed by atoms with van der Waals surface area (Å²) in [5.74, 6) is -5.38. The summed E-state index contributed by atoms with van der Waals surface area (Å²) < 4.78 is 31.2. The maximum atomic E-state index is 15.0. The summed E-state index contributed by atoms with van der Waals surface area (Å²) >= 11 is 0. The first kappa shape index (κ1) is 44.2. The summed E-state index contributed by atoms with van der Waals surface area (Å²) in [7, 11) is 0. The molecule has 0 radical (unpaired) electrons. The zero-order chi connectivity index (χ0) is 40.9. The van der Waals surface area contributed by atoms with Gasteiger partial charge in [-0.05, 0) is 67.5 Å². The number of halogens is 2. The van der Waals surface area contributed by atoms with Crippen LogP contribution in [0.25, 0.3) is 11.1 Å². The first-order chi connectivity index (χ1) is 26.0. The Morgan fingerprint density at radius 2 is 1.62 bits per heavy atom. The van der Waals surface area contributed by atoms with Gasteiger partial charge in [0.15, 0.2) is 0 Å². The van der Waals surface area contributed by atoms with Crippen LogP contribution in [0.1, 0.15) is 70.7 Å². The van der Waals surface area contributed by atoms with Gasteiger partial charge in [-0.25, -0.2) is 13.6 Å². The van der Waals surface area contributed by atoms with Crippen molar-refractivity contribution in [2.24, 2.45) is 16.9 Å². The predicted octanol–water partition coefficient (Wildman–Crippen LogP) is 2.43. The number of hydrogen-bond donors (Lipinski definition) is 7. The van der Waals surface area contributed by atoms with Gasteiger partial charge in [0.1, 0.15) is 30.3 Å². The molecule has 0 saturated carbocycles. The SMILES string of the molecule is CC(=O)N[C@@H](CCCCN)C(=O)NCC(NC(=O)[C@@H](N)CCN(C(=O)CO)[C@@H](c1cc(-c2cc(F)ccc2F)cn1Cc1ccccc1)C(C)(C)C)C(=O)O. The molecule has 4 atom stereocenters. The molecule has 0 bridgehead atoms. The molecule has 0 aliphatic rings. The van der Waals surface area contributed by atoms with Crippen LogP contribution in [0.2, 0.25) is 0 Å². The molecule has 1 unspecified atom stereocenters. The van der Waals surface area contributed by atoms with Crippen LogP contribution in [0.5, 0.6) is 0 Å². The number of aliphatic hydroxyl groups excluding tert-OH is 1. The molecule has 0 aliphatic heterocycles. The number of carboxylic acids is 1. The van der Waals surface area contributed by atoms with E-state index in [2.05, 4.69) is 16.0 Å². The van der Waals surface area contributed by atoms with E-state index in [-0.39, 0.29) is 24.9 Å². The number of aliphatic carboxylic acids is 1. The summed E-state index contributed by atoms with van der Waals surface area (Å²) in [6, 6.07) is 9.54. The fourth-order valence-corrected chi connectivity index (χ4v) is 6.32. The molecule has 1 heterocycles. The molecule has 2 aromatic carbocycles. The van der Waals surface area contributed by atoms with Gasteiger partial charge in [-0.15, -0.1) is 0 Å². The van der Waals surface area contributed by atoms with Crippen LogP contribution in [-0.4, -0.2) is 93.6 Å². The van der Waals surface area contributed by atoms with Gasteiger partial charge in [0.2, 0.25) is 23.6 Å². The van der Waals surface area contributed by atoms with Crippen LogP contribution < -0.4 is 27.4 Å². The van der Waals surface area contributed by atoms with Gasteiger partial charge in [-0.3, -0.25) is 19.2 Å². The summed E-state index contributed by atoms with van der Waals surface area (Å²) in [4.78, 5) is 64.6. The largest absolute Gasteiger partial charge is 0.480 e. The lowest BCUT2D eigenvalue weighted by Crippen LogP contribution is -2.55. The second-order valence-electron chi connectivity index (χ2n) is 14.5. The summed E-state index contributed by atoms with van der Waals surface area (Å²) in [5.41, 5.74) is 12.8. The van der Waals surface area contributed by atoms with Gasteiger partial charge in [0.05, 0.1) is 12.1 Å². The van der Waals surface area contributed by atoms with Gasteiger partial charge in [-0.2, -0.15) is 0 Å². The average Bonchev–Trinajstić information content (AvgIpc) is 3.53. The Morgan fingerprint density at radius 3 is 2.22 bits per heavy atom. The summed E-state index contributed by atoms with van der Waals surface area (Å²) in [5, 5.41) is 27.2. The number of carboxylic acid groups (broad SMARTS) is 1. The molecular weight excluding hydrogens is 716 g/mol. The monoisotopic (exact) mass is 769 g/mol. The van der Waals surface area contributed by atoms with Crippen molar-refractivity contribution in [3.05, 3.63) is 83.7 Å². The normalized spacial score (nSPS) is 13.6. The van der Waals surface area contributed by atoms with E-state index >= 15 is 4.39 Å². The zero-order valence-corrected chi connectivity index (χ0v) is 31.7. The number of carbonyl (C=O) groups is 5. The molecule has 0 aliphatic carbocycles. The third-order valence-corrected chi connectivity index (χ3v) is 8.99. The summed E-state index contributed by atoms with van der Waals surface area (Å²) in [6.07, 6.45) is 2.93.